The van der Waals surface area contributed by atoms with E-state index in [9.17, 15) is 23.3 Å². The Morgan fingerprint density at radius 1 is 1.40 bits per heavy atom. The molecule has 0 unspecified atom stereocenters. The zero-order valence-corrected chi connectivity index (χ0v) is 7.36. The van der Waals surface area contributed by atoms with Gasteiger partial charge in [0.05, 0.1) is 4.92 Å². The number of hydrogen-bond acceptors (Lipinski definition) is 3. The second kappa shape index (κ2) is 3.85. The third-order valence-electron chi connectivity index (χ3n) is 1.79. The summed E-state index contributed by atoms with van der Waals surface area (Å²) in [6.07, 6.45) is -4.60. The molecule has 0 aliphatic heterocycles. The van der Waals surface area contributed by atoms with E-state index in [0.717, 1.165) is 18.2 Å². The third-order valence-corrected chi connectivity index (χ3v) is 1.79. The summed E-state index contributed by atoms with van der Waals surface area (Å²) in [6.45, 7) is 0. The second-order valence-corrected chi connectivity index (χ2v) is 2.87. The van der Waals surface area contributed by atoms with Crippen molar-refractivity contribution in [2.45, 2.75) is 12.2 Å². The summed E-state index contributed by atoms with van der Waals surface area (Å²) in [5.41, 5.74) is 4.16. The van der Waals surface area contributed by atoms with Gasteiger partial charge in [0, 0.05) is 12.1 Å². The van der Waals surface area contributed by atoms with Crippen LogP contribution in [0.1, 0.15) is 11.6 Å². The smallest absolute Gasteiger partial charge is 0.316 e. The number of nitro benzene ring substituents is 1. The van der Waals surface area contributed by atoms with Crippen LogP contribution in [0.4, 0.5) is 18.9 Å². The molecule has 0 fully saturated rings. The van der Waals surface area contributed by atoms with Crippen molar-refractivity contribution in [2.24, 2.45) is 5.73 Å². The minimum Gasteiger partial charge on any atom is -0.316 e. The van der Waals surface area contributed by atoms with Crippen molar-refractivity contribution in [1.82, 2.24) is 0 Å². The lowest BCUT2D eigenvalue weighted by atomic mass is 10.1. The topological polar surface area (TPSA) is 69.2 Å². The Labute approximate surface area is 82.7 Å². The molecule has 1 aromatic carbocycles. The molecule has 1 rings (SSSR count). The van der Waals surface area contributed by atoms with Crippen molar-refractivity contribution < 1.29 is 18.1 Å². The zero-order valence-electron chi connectivity index (χ0n) is 7.36. The first-order chi connectivity index (χ1) is 6.82. The summed E-state index contributed by atoms with van der Waals surface area (Å²) in [4.78, 5) is 9.54. The number of non-ortho nitro benzene ring substituents is 1. The van der Waals surface area contributed by atoms with E-state index in [0.29, 0.717) is 0 Å². The Morgan fingerprint density at radius 3 is 2.47 bits per heavy atom. The van der Waals surface area contributed by atoms with Crippen molar-refractivity contribution in [3.8, 4) is 0 Å². The third kappa shape index (κ3) is 2.66. The van der Waals surface area contributed by atoms with E-state index in [4.69, 9.17) is 5.73 Å². The van der Waals surface area contributed by atoms with Crippen LogP contribution < -0.4 is 5.73 Å². The molecule has 0 heterocycles. The molecule has 0 aliphatic rings. The maximum atomic E-state index is 12.2. The summed E-state index contributed by atoms with van der Waals surface area (Å²) in [7, 11) is 0. The molecule has 1 aromatic rings. The minimum absolute atomic E-state index is 0.322. The molecule has 1 atom stereocenters. The minimum atomic E-state index is -4.60. The first kappa shape index (κ1) is 11.4. The van der Waals surface area contributed by atoms with Crippen LogP contribution in [0.2, 0.25) is 0 Å². The molecule has 15 heavy (non-hydrogen) atoms. The summed E-state index contributed by atoms with van der Waals surface area (Å²) < 4.78 is 36.5. The van der Waals surface area contributed by atoms with Gasteiger partial charge in [-0.25, -0.2) is 0 Å². The number of alkyl halides is 3. The van der Waals surface area contributed by atoms with Crippen molar-refractivity contribution in [1.29, 1.82) is 0 Å². The SMILES string of the molecule is N[C@@H](c1cccc([N+](=O)[O-])c1)C(F)(F)F. The van der Waals surface area contributed by atoms with E-state index in [1.54, 1.807) is 0 Å². The number of benzene rings is 1. The highest BCUT2D eigenvalue weighted by molar-refractivity contribution is 5.36. The van der Waals surface area contributed by atoms with Gasteiger partial charge in [-0.05, 0) is 5.56 Å². The van der Waals surface area contributed by atoms with Crippen LogP contribution in [0.15, 0.2) is 24.3 Å². The summed E-state index contributed by atoms with van der Waals surface area (Å²) in [5, 5.41) is 10.3. The van der Waals surface area contributed by atoms with Gasteiger partial charge in [0.15, 0.2) is 0 Å². The van der Waals surface area contributed by atoms with Gasteiger partial charge in [-0.15, -0.1) is 0 Å². The van der Waals surface area contributed by atoms with Crippen molar-refractivity contribution >= 4 is 5.69 Å². The van der Waals surface area contributed by atoms with Gasteiger partial charge in [-0.3, -0.25) is 10.1 Å². The van der Waals surface area contributed by atoms with Gasteiger partial charge in [0.25, 0.3) is 5.69 Å². The largest absolute Gasteiger partial charge is 0.407 e. The molecule has 82 valence electrons. The zero-order chi connectivity index (χ0) is 11.6. The molecule has 7 heteroatoms. The van der Waals surface area contributed by atoms with Gasteiger partial charge >= 0.3 is 6.18 Å². The van der Waals surface area contributed by atoms with Crippen LogP contribution in [0.25, 0.3) is 0 Å². The molecule has 0 saturated carbocycles. The lowest BCUT2D eigenvalue weighted by Gasteiger charge is -2.15. The molecule has 4 nitrogen and oxygen atoms in total. The van der Waals surface area contributed by atoms with Crippen LogP contribution in [0.3, 0.4) is 0 Å². The van der Waals surface area contributed by atoms with Crippen LogP contribution in [-0.2, 0) is 0 Å². The summed E-state index contributed by atoms with van der Waals surface area (Å²) >= 11 is 0. The number of halogens is 3. The number of nitrogens with zero attached hydrogens (tertiary/aromatic N) is 1. The Kier molecular flexibility index (Phi) is 2.94. The molecule has 0 aromatic heterocycles. The van der Waals surface area contributed by atoms with E-state index in [2.05, 4.69) is 0 Å². The molecule has 0 bridgehead atoms. The van der Waals surface area contributed by atoms with Gasteiger partial charge in [0.2, 0.25) is 0 Å². The lowest BCUT2D eigenvalue weighted by molar-refractivity contribution is -0.385. The quantitative estimate of drug-likeness (QED) is 0.613. The standard InChI is InChI=1S/C8H7F3N2O2/c9-8(10,11)7(12)5-2-1-3-6(4-5)13(14)15/h1-4,7H,12H2/t7-/m0/s1. The highest BCUT2D eigenvalue weighted by Gasteiger charge is 2.38. The van der Waals surface area contributed by atoms with Gasteiger partial charge in [-0.1, -0.05) is 12.1 Å². The molecule has 0 saturated heterocycles. The van der Waals surface area contributed by atoms with Crippen molar-refractivity contribution in [2.75, 3.05) is 0 Å². The highest BCUT2D eigenvalue weighted by atomic mass is 19.4. The number of rotatable bonds is 2. The first-order valence-corrected chi connectivity index (χ1v) is 3.89. The molecular formula is C8H7F3N2O2. The second-order valence-electron chi connectivity index (χ2n) is 2.87. The maximum absolute atomic E-state index is 12.2. The van der Waals surface area contributed by atoms with Gasteiger partial charge in [0.1, 0.15) is 6.04 Å². The summed E-state index contributed by atoms with van der Waals surface area (Å²) in [5.74, 6) is 0. The van der Waals surface area contributed by atoms with Crippen LogP contribution >= 0.6 is 0 Å². The number of nitrogens with two attached hydrogens (primary N) is 1. The normalized spacial score (nSPS) is 13.6. The summed E-state index contributed by atoms with van der Waals surface area (Å²) in [6, 6.07) is 1.99. The average Bonchev–Trinajstić information content (AvgIpc) is 2.15. The fraction of sp³-hybridized carbons (Fsp3) is 0.250. The Hall–Kier alpha value is -1.63. The van der Waals surface area contributed by atoms with E-state index in [-0.39, 0.29) is 5.56 Å². The molecule has 0 radical (unpaired) electrons. The molecule has 0 amide bonds. The Bertz CT molecular complexity index is 378. The van der Waals surface area contributed by atoms with Gasteiger partial charge < -0.3 is 5.73 Å². The molecule has 2 N–H and O–H groups in total. The predicted molar refractivity (Wildman–Crippen MR) is 46.1 cm³/mol. The molecule has 0 aliphatic carbocycles. The fourth-order valence-electron chi connectivity index (χ4n) is 1.02. The van der Waals surface area contributed by atoms with E-state index < -0.39 is 22.8 Å². The highest BCUT2D eigenvalue weighted by Crippen LogP contribution is 2.31. The Balaban J connectivity index is 3.06. The Morgan fingerprint density at radius 2 is 2.00 bits per heavy atom. The van der Waals surface area contributed by atoms with Gasteiger partial charge in [-0.2, -0.15) is 13.2 Å². The fourth-order valence-corrected chi connectivity index (χ4v) is 1.02. The van der Waals surface area contributed by atoms with Crippen LogP contribution in [-0.4, -0.2) is 11.1 Å². The van der Waals surface area contributed by atoms with Crippen molar-refractivity contribution in [3.05, 3.63) is 39.9 Å². The molecular weight excluding hydrogens is 213 g/mol. The van der Waals surface area contributed by atoms with E-state index >= 15 is 0 Å². The number of hydrogen-bond donors (Lipinski definition) is 1. The van der Waals surface area contributed by atoms with E-state index in [1.165, 1.54) is 6.07 Å². The van der Waals surface area contributed by atoms with Crippen LogP contribution in [0.5, 0.6) is 0 Å². The monoisotopic (exact) mass is 220 g/mol. The lowest BCUT2D eigenvalue weighted by Crippen LogP contribution is -2.28. The van der Waals surface area contributed by atoms with Crippen molar-refractivity contribution in [3.63, 3.8) is 0 Å². The van der Waals surface area contributed by atoms with Crippen LogP contribution in [0, 0.1) is 10.1 Å². The maximum Gasteiger partial charge on any atom is 0.407 e. The van der Waals surface area contributed by atoms with E-state index in [1.807, 2.05) is 0 Å². The average molecular weight is 220 g/mol. The number of nitro groups is 1. The predicted octanol–water partition coefficient (Wildman–Crippen LogP) is 2.16. The first-order valence-electron chi connectivity index (χ1n) is 3.89. The molecule has 0 spiro atoms.